The molecule has 1 aliphatic heterocycles. The maximum Gasteiger partial charge on any atom is 0.136 e. The minimum atomic E-state index is -0.974. The minimum absolute atomic E-state index is 0.135. The van der Waals surface area contributed by atoms with Crippen LogP contribution >= 0.6 is 0 Å². The molecule has 3 atom stereocenters. The zero-order valence-corrected chi connectivity index (χ0v) is 24.1. The summed E-state index contributed by atoms with van der Waals surface area (Å²) in [5, 5.41) is 16.1. The van der Waals surface area contributed by atoms with Crippen molar-refractivity contribution in [2.45, 2.75) is 77.9 Å². The third kappa shape index (κ3) is 7.79. The summed E-state index contributed by atoms with van der Waals surface area (Å²) in [6.45, 7) is 12.4. The van der Waals surface area contributed by atoms with Gasteiger partial charge in [-0.05, 0) is 89.1 Å². The van der Waals surface area contributed by atoms with E-state index in [1.54, 1.807) is 7.11 Å². The number of hydrogen-bond acceptors (Lipinski definition) is 5. The Labute approximate surface area is 225 Å². The molecule has 2 N–H and O–H groups in total. The Hall–Kier alpha value is -1.92. The molecule has 0 radical (unpaired) electrons. The molecule has 0 bridgehead atoms. The lowest BCUT2D eigenvalue weighted by molar-refractivity contribution is -0.0696. The van der Waals surface area contributed by atoms with Crippen molar-refractivity contribution in [3.63, 3.8) is 0 Å². The zero-order valence-electron chi connectivity index (χ0n) is 24.1. The van der Waals surface area contributed by atoms with Crippen molar-refractivity contribution in [3.8, 4) is 11.5 Å². The van der Waals surface area contributed by atoms with Crippen molar-refractivity contribution in [2.24, 2.45) is 11.8 Å². The second-order valence-electron chi connectivity index (χ2n) is 11.4. The van der Waals surface area contributed by atoms with Crippen LogP contribution in [0, 0.1) is 25.7 Å². The number of nitrogens with one attached hydrogen (secondary N) is 1. The first-order valence-electron chi connectivity index (χ1n) is 14.2. The fourth-order valence-electron chi connectivity index (χ4n) is 5.98. The average molecular weight is 511 g/mol. The van der Waals surface area contributed by atoms with Crippen LogP contribution in [0.15, 0.2) is 42.5 Å². The third-order valence-corrected chi connectivity index (χ3v) is 7.97. The van der Waals surface area contributed by atoms with Gasteiger partial charge in [0.2, 0.25) is 0 Å². The summed E-state index contributed by atoms with van der Waals surface area (Å²) in [4.78, 5) is 2.63. The molecule has 2 aromatic carbocycles. The summed E-state index contributed by atoms with van der Waals surface area (Å²) in [6.07, 6.45) is 5.82. The monoisotopic (exact) mass is 510 g/mol. The lowest BCUT2D eigenvalue weighted by Gasteiger charge is -2.46. The van der Waals surface area contributed by atoms with E-state index >= 15 is 0 Å². The normalized spacial score (nSPS) is 19.1. The van der Waals surface area contributed by atoms with E-state index in [2.05, 4.69) is 62.2 Å². The molecule has 3 rings (SSSR count). The molecule has 0 aromatic heterocycles. The van der Waals surface area contributed by atoms with Crippen molar-refractivity contribution in [1.29, 1.82) is 0 Å². The zero-order chi connectivity index (χ0) is 26.8. The molecular formula is C32H50N2O3. The number of unbranched alkanes of at least 4 members (excludes halogenated alkanes) is 1. The number of hydrogen-bond donors (Lipinski definition) is 2. The summed E-state index contributed by atoms with van der Waals surface area (Å²) in [5.74, 6) is 2.42. The smallest absolute Gasteiger partial charge is 0.136 e. The molecule has 5 heteroatoms. The van der Waals surface area contributed by atoms with E-state index in [-0.39, 0.29) is 5.92 Å². The van der Waals surface area contributed by atoms with Gasteiger partial charge in [0.25, 0.3) is 0 Å². The number of rotatable bonds is 14. The van der Waals surface area contributed by atoms with Crippen LogP contribution in [0.1, 0.15) is 69.1 Å². The SMILES string of the molecule is CNCC(CC(C)C)N1CCCC(C(O)(CCCCOC)c2cccc(C)c2Oc2ccccc2C)C1. The summed E-state index contributed by atoms with van der Waals surface area (Å²) >= 11 is 0. The van der Waals surface area contributed by atoms with Crippen molar-refractivity contribution >= 4 is 0 Å². The maximum atomic E-state index is 12.7. The second-order valence-corrected chi connectivity index (χ2v) is 11.4. The van der Waals surface area contributed by atoms with Gasteiger partial charge in [-0.25, -0.2) is 0 Å². The standard InChI is InChI=1S/C32H50N2O3/c1-24(2)21-28(22-33-5)34-19-12-15-27(23-34)32(35,18-9-10-20-36-6)29-16-11-14-26(4)31(29)37-30-17-8-7-13-25(30)3/h7-8,11,13-14,16-17,24,27-28,33,35H,9-10,12,15,18-23H2,1-6H3. The van der Waals surface area contributed by atoms with Crippen LogP contribution in [-0.4, -0.2) is 56.4 Å². The highest BCUT2D eigenvalue weighted by atomic mass is 16.5. The fraction of sp³-hybridized carbons (Fsp3) is 0.625. The molecule has 5 nitrogen and oxygen atoms in total. The number of benzene rings is 2. The van der Waals surface area contributed by atoms with Crippen LogP contribution in [0.3, 0.4) is 0 Å². The van der Waals surface area contributed by atoms with E-state index in [4.69, 9.17) is 9.47 Å². The third-order valence-electron chi connectivity index (χ3n) is 7.97. The minimum Gasteiger partial charge on any atom is -0.456 e. The molecule has 0 saturated carbocycles. The van der Waals surface area contributed by atoms with Crippen LogP contribution in [0.5, 0.6) is 11.5 Å². The number of nitrogens with zero attached hydrogens (tertiary/aromatic N) is 1. The number of para-hydroxylation sites is 2. The van der Waals surface area contributed by atoms with E-state index in [0.29, 0.717) is 25.0 Å². The Morgan fingerprint density at radius 2 is 1.84 bits per heavy atom. The van der Waals surface area contributed by atoms with E-state index in [1.165, 1.54) is 0 Å². The molecule has 0 spiro atoms. The predicted octanol–water partition coefficient (Wildman–Crippen LogP) is 6.45. The first kappa shape index (κ1) is 29.6. The number of likely N-dealkylation sites (N-methyl/N-ethyl adjacent to an activating group) is 1. The second kappa shape index (κ2) is 14.3. The lowest BCUT2D eigenvalue weighted by Crippen LogP contribution is -2.52. The van der Waals surface area contributed by atoms with E-state index < -0.39 is 5.60 Å². The molecule has 1 heterocycles. The first-order valence-corrected chi connectivity index (χ1v) is 14.2. The Morgan fingerprint density at radius 3 is 2.54 bits per heavy atom. The summed E-state index contributed by atoms with van der Waals surface area (Å²) in [6, 6.07) is 14.8. The fourth-order valence-corrected chi connectivity index (χ4v) is 5.98. The van der Waals surface area contributed by atoms with Crippen molar-refractivity contribution < 1.29 is 14.6 Å². The van der Waals surface area contributed by atoms with E-state index in [9.17, 15) is 5.11 Å². The van der Waals surface area contributed by atoms with Crippen LogP contribution in [0.4, 0.5) is 0 Å². The summed E-state index contributed by atoms with van der Waals surface area (Å²) in [7, 11) is 3.79. The molecule has 1 aliphatic rings. The van der Waals surface area contributed by atoms with Gasteiger partial charge in [-0.3, -0.25) is 4.90 Å². The molecule has 0 amide bonds. The number of methoxy groups -OCH3 is 1. The highest BCUT2D eigenvalue weighted by molar-refractivity contribution is 5.48. The molecular weight excluding hydrogens is 460 g/mol. The molecule has 206 valence electrons. The van der Waals surface area contributed by atoms with Gasteiger partial charge < -0.3 is 19.9 Å². The maximum absolute atomic E-state index is 12.7. The van der Waals surface area contributed by atoms with Crippen LogP contribution in [-0.2, 0) is 10.3 Å². The summed E-state index contributed by atoms with van der Waals surface area (Å²) < 4.78 is 11.9. The highest BCUT2D eigenvalue weighted by Crippen LogP contribution is 2.46. The van der Waals surface area contributed by atoms with Gasteiger partial charge in [0.05, 0.1) is 5.60 Å². The van der Waals surface area contributed by atoms with Gasteiger partial charge in [-0.2, -0.15) is 0 Å². The van der Waals surface area contributed by atoms with Crippen molar-refractivity contribution in [1.82, 2.24) is 10.2 Å². The topological polar surface area (TPSA) is 54.0 Å². The number of ether oxygens (including phenoxy) is 2. The number of piperidine rings is 1. The quantitative estimate of drug-likeness (QED) is 0.286. The highest BCUT2D eigenvalue weighted by Gasteiger charge is 2.43. The largest absolute Gasteiger partial charge is 0.456 e. The first-order chi connectivity index (χ1) is 17.8. The van der Waals surface area contributed by atoms with Gasteiger partial charge in [0, 0.05) is 44.3 Å². The summed E-state index contributed by atoms with van der Waals surface area (Å²) in [5.41, 5.74) is 2.09. The van der Waals surface area contributed by atoms with E-state index in [0.717, 1.165) is 79.9 Å². The predicted molar refractivity (Wildman–Crippen MR) is 154 cm³/mol. The average Bonchev–Trinajstić information content (AvgIpc) is 2.88. The van der Waals surface area contributed by atoms with Crippen LogP contribution < -0.4 is 10.1 Å². The molecule has 0 aliphatic carbocycles. The van der Waals surface area contributed by atoms with Crippen molar-refractivity contribution in [2.75, 3.05) is 40.4 Å². The number of aliphatic hydroxyl groups is 1. The van der Waals surface area contributed by atoms with Gasteiger partial charge >= 0.3 is 0 Å². The van der Waals surface area contributed by atoms with Crippen LogP contribution in [0.25, 0.3) is 0 Å². The van der Waals surface area contributed by atoms with Gasteiger partial charge in [-0.1, -0.05) is 50.2 Å². The van der Waals surface area contributed by atoms with Crippen molar-refractivity contribution in [3.05, 3.63) is 59.2 Å². The molecule has 1 saturated heterocycles. The molecule has 3 unspecified atom stereocenters. The Bertz CT molecular complexity index is 963. The van der Waals surface area contributed by atoms with Gasteiger partial charge in [-0.15, -0.1) is 0 Å². The van der Waals surface area contributed by atoms with E-state index in [1.807, 2.05) is 25.2 Å². The Balaban J connectivity index is 1.98. The number of aryl methyl sites for hydroxylation is 2. The lowest BCUT2D eigenvalue weighted by atomic mass is 9.73. The Kier molecular flexibility index (Phi) is 11.4. The molecule has 1 fully saturated rings. The van der Waals surface area contributed by atoms with Crippen LogP contribution in [0.2, 0.25) is 0 Å². The Morgan fingerprint density at radius 1 is 1.08 bits per heavy atom. The molecule has 2 aromatic rings. The van der Waals surface area contributed by atoms with Gasteiger partial charge in [0.1, 0.15) is 11.5 Å². The molecule has 37 heavy (non-hydrogen) atoms. The number of likely N-dealkylation sites (tertiary alicyclic amines) is 1. The van der Waals surface area contributed by atoms with Gasteiger partial charge in [0.15, 0.2) is 0 Å².